The van der Waals surface area contributed by atoms with E-state index in [0.717, 1.165) is 16.7 Å². The van der Waals surface area contributed by atoms with Gasteiger partial charge in [-0.15, -0.1) is 0 Å². The molecule has 0 unspecified atom stereocenters. The smallest absolute Gasteiger partial charge is 0.261 e. The molecule has 0 saturated carbocycles. The highest BCUT2D eigenvalue weighted by Gasteiger charge is 2.14. The lowest BCUT2D eigenvalue weighted by Gasteiger charge is -2.14. The van der Waals surface area contributed by atoms with Gasteiger partial charge in [0.1, 0.15) is 0 Å². The number of amides is 1. The Morgan fingerprint density at radius 3 is 2.16 bits per heavy atom. The minimum atomic E-state index is -3.66. The summed E-state index contributed by atoms with van der Waals surface area (Å²) in [4.78, 5) is 12.5. The van der Waals surface area contributed by atoms with E-state index in [1.165, 1.54) is 0 Å². The number of rotatable bonds is 8. The molecule has 2 N–H and O–H groups in total. The van der Waals surface area contributed by atoms with Crippen LogP contribution < -0.4 is 10.0 Å². The van der Waals surface area contributed by atoms with Crippen LogP contribution in [0.5, 0.6) is 0 Å². The molecule has 3 aromatic carbocycles. The Morgan fingerprint density at radius 2 is 1.55 bits per heavy atom. The quantitative estimate of drug-likeness (QED) is 0.485. The van der Waals surface area contributed by atoms with E-state index in [1.54, 1.807) is 48.5 Å². The fourth-order valence-electron chi connectivity index (χ4n) is 3.08. The molecule has 0 bridgehead atoms. The molecule has 3 aromatic rings. The van der Waals surface area contributed by atoms with Gasteiger partial charge in [0.05, 0.1) is 10.9 Å². The standard InChI is InChI=1S/C24H25ClN2O3S/c1-17-3-12-22(13-4-17)27-31(29,30)23-14-5-19(6-15-23)7-16-24(28)26-18(2)20-8-10-21(25)11-9-20/h3-6,8-15,18,27H,7,16H2,1-2H3,(H,26,28)/t18-/m1/s1. The van der Waals surface area contributed by atoms with Crippen molar-refractivity contribution in [2.24, 2.45) is 0 Å². The second kappa shape index (κ2) is 9.98. The Labute approximate surface area is 188 Å². The van der Waals surface area contributed by atoms with Gasteiger partial charge in [-0.2, -0.15) is 0 Å². The summed E-state index contributed by atoms with van der Waals surface area (Å²) in [7, 11) is -3.66. The molecule has 1 amide bonds. The van der Waals surface area contributed by atoms with Gasteiger partial charge >= 0.3 is 0 Å². The van der Waals surface area contributed by atoms with Crippen LogP contribution >= 0.6 is 11.6 Å². The highest BCUT2D eigenvalue weighted by molar-refractivity contribution is 7.92. The van der Waals surface area contributed by atoms with Crippen molar-refractivity contribution in [2.75, 3.05) is 4.72 Å². The first-order chi connectivity index (χ1) is 14.7. The predicted octanol–water partition coefficient (Wildman–Crippen LogP) is 5.26. The third kappa shape index (κ3) is 6.57. The molecule has 0 heterocycles. The fraction of sp³-hybridized carbons (Fsp3) is 0.208. The molecule has 0 aliphatic rings. The molecule has 0 aromatic heterocycles. The topological polar surface area (TPSA) is 75.3 Å². The van der Waals surface area contributed by atoms with Crippen molar-refractivity contribution in [2.45, 2.75) is 37.6 Å². The number of anilines is 1. The third-order valence-electron chi connectivity index (χ3n) is 4.93. The van der Waals surface area contributed by atoms with Crippen LogP contribution in [0.4, 0.5) is 5.69 Å². The van der Waals surface area contributed by atoms with Crippen LogP contribution in [0.1, 0.15) is 36.1 Å². The average molecular weight is 457 g/mol. The zero-order valence-corrected chi connectivity index (χ0v) is 19.0. The Balaban J connectivity index is 1.54. The lowest BCUT2D eigenvalue weighted by molar-refractivity contribution is -0.121. The number of carbonyl (C=O) groups excluding carboxylic acids is 1. The Kier molecular flexibility index (Phi) is 7.36. The maximum Gasteiger partial charge on any atom is 0.261 e. The van der Waals surface area contributed by atoms with Crippen molar-refractivity contribution in [1.29, 1.82) is 0 Å². The first-order valence-corrected chi connectivity index (χ1v) is 11.8. The molecule has 1 atom stereocenters. The zero-order chi connectivity index (χ0) is 22.4. The van der Waals surface area contributed by atoms with Crippen LogP contribution in [0.2, 0.25) is 5.02 Å². The maximum absolute atomic E-state index is 12.6. The molecule has 0 radical (unpaired) electrons. The number of hydrogen-bond donors (Lipinski definition) is 2. The van der Waals surface area contributed by atoms with E-state index in [0.29, 0.717) is 23.6 Å². The number of hydrogen-bond acceptors (Lipinski definition) is 3. The number of sulfonamides is 1. The minimum Gasteiger partial charge on any atom is -0.350 e. The molecule has 0 aliphatic heterocycles. The van der Waals surface area contributed by atoms with E-state index in [9.17, 15) is 13.2 Å². The number of aryl methyl sites for hydroxylation is 2. The van der Waals surface area contributed by atoms with Gasteiger partial charge in [0.2, 0.25) is 5.91 Å². The van der Waals surface area contributed by atoms with Gasteiger partial charge in [0, 0.05) is 17.1 Å². The number of nitrogens with one attached hydrogen (secondary N) is 2. The van der Waals surface area contributed by atoms with Crippen molar-refractivity contribution < 1.29 is 13.2 Å². The van der Waals surface area contributed by atoms with Gasteiger partial charge in [-0.05, 0) is 67.8 Å². The van der Waals surface area contributed by atoms with Crippen LogP contribution in [0.3, 0.4) is 0 Å². The van der Waals surface area contributed by atoms with Gasteiger partial charge < -0.3 is 5.32 Å². The molecule has 3 rings (SSSR count). The van der Waals surface area contributed by atoms with Gasteiger partial charge in [-0.3, -0.25) is 9.52 Å². The monoisotopic (exact) mass is 456 g/mol. The normalized spacial score (nSPS) is 12.2. The van der Waals surface area contributed by atoms with Crippen LogP contribution in [-0.4, -0.2) is 14.3 Å². The van der Waals surface area contributed by atoms with E-state index in [-0.39, 0.29) is 16.8 Å². The third-order valence-corrected chi connectivity index (χ3v) is 6.57. The number of benzene rings is 3. The largest absolute Gasteiger partial charge is 0.350 e. The van der Waals surface area contributed by atoms with E-state index >= 15 is 0 Å². The Morgan fingerprint density at radius 1 is 0.935 bits per heavy atom. The van der Waals surface area contributed by atoms with Gasteiger partial charge in [0.25, 0.3) is 10.0 Å². The molecule has 7 heteroatoms. The summed E-state index contributed by atoms with van der Waals surface area (Å²) in [5.74, 6) is -0.0693. The van der Waals surface area contributed by atoms with Crippen molar-refractivity contribution in [1.82, 2.24) is 5.32 Å². The first kappa shape index (κ1) is 22.8. The molecule has 5 nitrogen and oxygen atoms in total. The van der Waals surface area contributed by atoms with E-state index in [4.69, 9.17) is 11.6 Å². The fourth-order valence-corrected chi connectivity index (χ4v) is 4.26. The summed E-state index contributed by atoms with van der Waals surface area (Å²) >= 11 is 5.90. The van der Waals surface area contributed by atoms with Gasteiger partial charge in [-0.1, -0.05) is 53.6 Å². The summed E-state index contributed by atoms with van der Waals surface area (Å²) in [5, 5.41) is 3.62. The highest BCUT2D eigenvalue weighted by atomic mass is 35.5. The lowest BCUT2D eigenvalue weighted by Crippen LogP contribution is -2.26. The summed E-state index contributed by atoms with van der Waals surface area (Å²) in [6, 6.07) is 21.0. The molecule has 0 aliphatic carbocycles. The highest BCUT2D eigenvalue weighted by Crippen LogP contribution is 2.19. The molecule has 0 saturated heterocycles. The second-order valence-corrected chi connectivity index (χ2v) is 9.58. The summed E-state index contributed by atoms with van der Waals surface area (Å²) in [5.41, 5.74) is 3.44. The van der Waals surface area contributed by atoms with E-state index < -0.39 is 10.0 Å². The molecule has 31 heavy (non-hydrogen) atoms. The molecule has 162 valence electrons. The molecule has 0 fully saturated rings. The van der Waals surface area contributed by atoms with Crippen LogP contribution in [0.25, 0.3) is 0 Å². The average Bonchev–Trinajstić information content (AvgIpc) is 2.74. The maximum atomic E-state index is 12.6. The van der Waals surface area contributed by atoms with Crippen molar-refractivity contribution in [3.8, 4) is 0 Å². The van der Waals surface area contributed by atoms with E-state index in [1.807, 2.05) is 38.1 Å². The molecular formula is C24H25ClN2O3S. The first-order valence-electron chi connectivity index (χ1n) is 9.96. The van der Waals surface area contributed by atoms with E-state index in [2.05, 4.69) is 10.0 Å². The molecular weight excluding hydrogens is 432 g/mol. The van der Waals surface area contributed by atoms with Crippen LogP contribution in [0.15, 0.2) is 77.7 Å². The van der Waals surface area contributed by atoms with Crippen molar-refractivity contribution in [3.05, 3.63) is 94.5 Å². The van der Waals surface area contributed by atoms with Crippen molar-refractivity contribution >= 4 is 33.2 Å². The van der Waals surface area contributed by atoms with Gasteiger partial charge in [0.15, 0.2) is 0 Å². The minimum absolute atomic E-state index is 0.0693. The second-order valence-electron chi connectivity index (χ2n) is 7.46. The Hall–Kier alpha value is -2.83. The SMILES string of the molecule is Cc1ccc(NS(=O)(=O)c2ccc(CCC(=O)N[C@H](C)c3ccc(Cl)cc3)cc2)cc1. The van der Waals surface area contributed by atoms with Gasteiger partial charge in [-0.25, -0.2) is 8.42 Å². The van der Waals surface area contributed by atoms with Crippen LogP contribution in [0, 0.1) is 6.92 Å². The lowest BCUT2D eigenvalue weighted by atomic mass is 10.1. The molecule has 0 spiro atoms. The zero-order valence-electron chi connectivity index (χ0n) is 17.4. The summed E-state index contributed by atoms with van der Waals surface area (Å²) in [6.45, 7) is 3.86. The van der Waals surface area contributed by atoms with Crippen LogP contribution in [-0.2, 0) is 21.2 Å². The predicted molar refractivity (Wildman–Crippen MR) is 125 cm³/mol. The number of halogens is 1. The summed E-state index contributed by atoms with van der Waals surface area (Å²) in [6.07, 6.45) is 0.830. The number of carbonyl (C=O) groups is 1. The van der Waals surface area contributed by atoms with Crippen molar-refractivity contribution in [3.63, 3.8) is 0 Å². The summed E-state index contributed by atoms with van der Waals surface area (Å²) < 4.78 is 27.7. The Bertz CT molecular complexity index is 1130.